The molecule has 1 aromatic heterocycles. The second kappa shape index (κ2) is 11.3. The van der Waals surface area contributed by atoms with Crippen molar-refractivity contribution in [1.29, 1.82) is 0 Å². The number of alkyl halides is 6. The van der Waals surface area contributed by atoms with Crippen molar-refractivity contribution in [2.45, 2.75) is 50.7 Å². The molecule has 6 nitrogen and oxygen atoms in total. The molecule has 39 heavy (non-hydrogen) atoms. The van der Waals surface area contributed by atoms with E-state index in [9.17, 15) is 31.1 Å². The summed E-state index contributed by atoms with van der Waals surface area (Å²) < 4.78 is 79.8. The number of benzene rings is 2. The Morgan fingerprint density at radius 2 is 1.74 bits per heavy atom. The van der Waals surface area contributed by atoms with E-state index < -0.39 is 29.5 Å². The number of piperidine rings is 1. The average Bonchev–Trinajstić information content (AvgIpc) is 3.42. The largest absolute Gasteiger partial charge is 0.416 e. The van der Waals surface area contributed by atoms with Gasteiger partial charge in [0.05, 0.1) is 29.2 Å². The van der Waals surface area contributed by atoms with Crippen LogP contribution in [0.4, 0.5) is 31.1 Å². The third-order valence-corrected chi connectivity index (χ3v) is 7.11. The molecule has 1 aliphatic rings. The van der Waals surface area contributed by atoms with Crippen molar-refractivity contribution >= 4 is 6.03 Å². The summed E-state index contributed by atoms with van der Waals surface area (Å²) in [5, 5.41) is 2.60. The third kappa shape index (κ3) is 6.55. The van der Waals surface area contributed by atoms with E-state index in [0.717, 1.165) is 12.1 Å². The minimum absolute atomic E-state index is 0.124. The van der Waals surface area contributed by atoms with Crippen molar-refractivity contribution in [1.82, 2.24) is 25.1 Å². The van der Waals surface area contributed by atoms with Gasteiger partial charge in [-0.2, -0.15) is 26.3 Å². The van der Waals surface area contributed by atoms with Crippen LogP contribution in [0.25, 0.3) is 0 Å². The standard InChI is InChI=1S/C27H29F6N5O/c1-17-3-6-19(13-22(17)27(31,32)33)24(23-14-35-16-36-23)37-11-9-21(10-12-37)38(25(39)34-2)15-18-4-7-20(8-5-18)26(28,29)30/h3-8,13-14,16,21,24H,9-12,15H2,1-2H3,(H,34,39)(H,35,36). The van der Waals surface area contributed by atoms with Gasteiger partial charge < -0.3 is 15.2 Å². The van der Waals surface area contributed by atoms with Gasteiger partial charge in [-0.25, -0.2) is 9.78 Å². The number of hydrogen-bond donors (Lipinski definition) is 2. The first-order chi connectivity index (χ1) is 18.4. The Morgan fingerprint density at radius 1 is 1.08 bits per heavy atom. The van der Waals surface area contributed by atoms with E-state index in [1.165, 1.54) is 44.6 Å². The smallest absolute Gasteiger partial charge is 0.347 e. The number of carbonyl (C=O) groups excluding carboxylic acids is 1. The van der Waals surface area contributed by atoms with Crippen LogP contribution in [0.1, 0.15) is 52.4 Å². The zero-order valence-electron chi connectivity index (χ0n) is 21.4. The van der Waals surface area contributed by atoms with Gasteiger partial charge in [-0.3, -0.25) is 4.90 Å². The number of nitrogens with zero attached hydrogens (tertiary/aromatic N) is 3. The van der Waals surface area contributed by atoms with E-state index in [0.29, 0.717) is 42.8 Å². The number of amides is 2. The molecule has 210 valence electrons. The Morgan fingerprint density at radius 3 is 2.28 bits per heavy atom. The van der Waals surface area contributed by atoms with Crippen LogP contribution in [0.3, 0.4) is 0 Å². The normalized spacial score (nSPS) is 16.2. The van der Waals surface area contributed by atoms with E-state index in [-0.39, 0.29) is 24.2 Å². The number of hydrogen-bond acceptors (Lipinski definition) is 3. The summed E-state index contributed by atoms with van der Waals surface area (Å²) in [7, 11) is 1.49. The van der Waals surface area contributed by atoms with Gasteiger partial charge in [0.2, 0.25) is 0 Å². The predicted octanol–water partition coefficient (Wildman–Crippen LogP) is 6.15. The zero-order chi connectivity index (χ0) is 28.4. The maximum Gasteiger partial charge on any atom is 0.416 e. The van der Waals surface area contributed by atoms with Crippen LogP contribution in [0.2, 0.25) is 0 Å². The van der Waals surface area contributed by atoms with Gasteiger partial charge in [0.15, 0.2) is 0 Å². The monoisotopic (exact) mass is 553 g/mol. The van der Waals surface area contributed by atoms with Gasteiger partial charge >= 0.3 is 18.4 Å². The second-order valence-electron chi connectivity index (χ2n) is 9.63. The molecule has 1 aliphatic heterocycles. The highest BCUT2D eigenvalue weighted by Gasteiger charge is 2.36. The summed E-state index contributed by atoms with van der Waals surface area (Å²) in [5.74, 6) is 0. The molecule has 1 saturated heterocycles. The molecule has 2 heterocycles. The Labute approximate surface area is 222 Å². The molecule has 0 saturated carbocycles. The van der Waals surface area contributed by atoms with Crippen molar-refractivity contribution in [2.75, 3.05) is 20.1 Å². The fraction of sp³-hybridized carbons (Fsp3) is 0.407. The van der Waals surface area contributed by atoms with Gasteiger partial charge in [-0.1, -0.05) is 24.3 Å². The Kier molecular flexibility index (Phi) is 8.24. The summed E-state index contributed by atoms with van der Waals surface area (Å²) in [5.41, 5.74) is 0.366. The van der Waals surface area contributed by atoms with Crippen molar-refractivity contribution in [3.8, 4) is 0 Å². The van der Waals surface area contributed by atoms with Crippen LogP contribution in [-0.2, 0) is 18.9 Å². The van der Waals surface area contributed by atoms with Gasteiger partial charge in [0.1, 0.15) is 0 Å². The number of H-pyrrole nitrogens is 1. The highest BCUT2D eigenvalue weighted by molar-refractivity contribution is 5.74. The number of rotatable bonds is 6. The van der Waals surface area contributed by atoms with Crippen LogP contribution in [0, 0.1) is 6.92 Å². The number of likely N-dealkylation sites (tertiary alicyclic amines) is 1. The van der Waals surface area contributed by atoms with Gasteiger partial charge in [0.25, 0.3) is 0 Å². The molecular formula is C27H29F6N5O. The van der Waals surface area contributed by atoms with Gasteiger partial charge in [-0.15, -0.1) is 0 Å². The number of aryl methyl sites for hydroxylation is 1. The maximum absolute atomic E-state index is 13.7. The minimum Gasteiger partial charge on any atom is -0.347 e. The number of aromatic nitrogens is 2. The highest BCUT2D eigenvalue weighted by Crippen LogP contribution is 2.37. The minimum atomic E-state index is -4.49. The zero-order valence-corrected chi connectivity index (χ0v) is 21.4. The molecule has 1 unspecified atom stereocenters. The van der Waals surface area contributed by atoms with E-state index in [4.69, 9.17) is 0 Å². The molecule has 12 heteroatoms. The van der Waals surface area contributed by atoms with Crippen molar-refractivity contribution in [3.05, 3.63) is 88.5 Å². The average molecular weight is 554 g/mol. The molecule has 0 aliphatic carbocycles. The van der Waals surface area contributed by atoms with E-state index in [1.54, 1.807) is 17.2 Å². The first-order valence-electron chi connectivity index (χ1n) is 12.4. The Bertz CT molecular complexity index is 1250. The molecule has 1 fully saturated rings. The molecule has 1 atom stereocenters. The SMILES string of the molecule is CNC(=O)N(Cc1ccc(C(F)(F)F)cc1)C1CCN(C(c2ccc(C)c(C(F)(F)F)c2)c2cnc[nH]2)CC1. The second-order valence-corrected chi connectivity index (χ2v) is 9.63. The quantitative estimate of drug-likeness (QED) is 0.360. The van der Waals surface area contributed by atoms with Crippen LogP contribution < -0.4 is 5.32 Å². The highest BCUT2D eigenvalue weighted by atomic mass is 19.4. The molecule has 0 radical (unpaired) electrons. The lowest BCUT2D eigenvalue weighted by Crippen LogP contribution is -2.50. The van der Waals surface area contributed by atoms with Crippen LogP contribution >= 0.6 is 0 Å². The van der Waals surface area contributed by atoms with E-state index >= 15 is 0 Å². The lowest BCUT2D eigenvalue weighted by atomic mass is 9.94. The van der Waals surface area contributed by atoms with Crippen LogP contribution in [-0.4, -0.2) is 52.0 Å². The van der Waals surface area contributed by atoms with Gasteiger partial charge in [0, 0.05) is 38.9 Å². The molecule has 2 N–H and O–H groups in total. The summed E-state index contributed by atoms with van der Waals surface area (Å²) in [6, 6.07) is 7.96. The third-order valence-electron chi connectivity index (χ3n) is 7.11. The maximum atomic E-state index is 13.7. The number of halogens is 6. The topological polar surface area (TPSA) is 64.3 Å². The molecule has 2 amide bonds. The number of urea groups is 1. The van der Waals surface area contributed by atoms with E-state index in [2.05, 4.69) is 20.2 Å². The molecule has 0 spiro atoms. The fourth-order valence-corrected chi connectivity index (χ4v) is 5.08. The molecular weight excluding hydrogens is 524 g/mol. The molecule has 3 aromatic rings. The number of carbonyl (C=O) groups is 1. The predicted molar refractivity (Wildman–Crippen MR) is 133 cm³/mol. The summed E-state index contributed by atoms with van der Waals surface area (Å²) in [6.45, 7) is 2.50. The molecule has 4 rings (SSSR count). The molecule has 2 aromatic carbocycles. The number of aromatic amines is 1. The molecule has 0 bridgehead atoms. The fourth-order valence-electron chi connectivity index (χ4n) is 5.08. The number of imidazole rings is 1. The van der Waals surface area contributed by atoms with Crippen molar-refractivity contribution in [3.63, 3.8) is 0 Å². The van der Waals surface area contributed by atoms with Crippen LogP contribution in [0.15, 0.2) is 55.0 Å². The number of nitrogens with one attached hydrogen (secondary N) is 2. The first-order valence-corrected chi connectivity index (χ1v) is 12.4. The summed E-state index contributed by atoms with van der Waals surface area (Å²) in [6.07, 6.45) is -4.82. The Balaban J connectivity index is 1.53. The lowest BCUT2D eigenvalue weighted by Gasteiger charge is -2.41. The lowest BCUT2D eigenvalue weighted by molar-refractivity contribution is -0.138. The van der Waals surface area contributed by atoms with Crippen molar-refractivity contribution < 1.29 is 31.1 Å². The van der Waals surface area contributed by atoms with Crippen LogP contribution in [0.5, 0.6) is 0 Å². The summed E-state index contributed by atoms with van der Waals surface area (Å²) in [4.78, 5) is 23.5. The Hall–Kier alpha value is -3.54. The van der Waals surface area contributed by atoms with Crippen molar-refractivity contribution in [2.24, 2.45) is 0 Å². The van der Waals surface area contributed by atoms with E-state index in [1.807, 2.05) is 0 Å². The van der Waals surface area contributed by atoms with Gasteiger partial charge in [-0.05, 0) is 54.7 Å². The summed E-state index contributed by atoms with van der Waals surface area (Å²) >= 11 is 0. The first kappa shape index (κ1) is 28.5.